The predicted molar refractivity (Wildman–Crippen MR) is 132 cm³/mol. The van der Waals surface area contributed by atoms with Crippen LogP contribution in [0, 0.1) is 5.82 Å². The zero-order chi connectivity index (χ0) is 24.4. The highest BCUT2D eigenvalue weighted by Crippen LogP contribution is 2.40. The van der Waals surface area contributed by atoms with Crippen LogP contribution in [0.1, 0.15) is 41.3 Å². The first-order valence-electron chi connectivity index (χ1n) is 12.0. The number of likely N-dealkylation sites (tertiary alicyclic amines) is 1. The molecule has 2 aliphatic heterocycles. The number of carbonyl (C=O) groups is 2. The molecule has 0 aromatic heterocycles. The number of hydrogen-bond donors (Lipinski definition) is 1. The van der Waals surface area contributed by atoms with Crippen LogP contribution in [0.4, 0.5) is 14.9 Å². The van der Waals surface area contributed by atoms with Crippen LogP contribution in [0.25, 0.3) is 0 Å². The molecular weight excluding hydrogens is 445 g/mol. The van der Waals surface area contributed by atoms with Crippen LogP contribution < -0.4 is 10.1 Å². The van der Waals surface area contributed by atoms with Crippen molar-refractivity contribution in [3.05, 3.63) is 95.3 Å². The van der Waals surface area contributed by atoms with Crippen molar-refractivity contribution in [1.29, 1.82) is 0 Å². The molecule has 0 saturated carbocycles. The lowest BCUT2D eigenvalue weighted by Gasteiger charge is -2.50. The maximum Gasteiger partial charge on any atom is 0.321 e. The van der Waals surface area contributed by atoms with Crippen molar-refractivity contribution in [3.8, 4) is 5.75 Å². The monoisotopic (exact) mass is 473 g/mol. The van der Waals surface area contributed by atoms with Crippen molar-refractivity contribution in [1.82, 2.24) is 9.80 Å². The molecule has 6 nitrogen and oxygen atoms in total. The maximum atomic E-state index is 13.6. The van der Waals surface area contributed by atoms with Gasteiger partial charge in [0.05, 0.1) is 5.56 Å². The number of nitrogens with one attached hydrogen (secondary N) is 1. The first-order valence-corrected chi connectivity index (χ1v) is 12.0. The second-order valence-electron chi connectivity index (χ2n) is 8.99. The molecule has 0 aliphatic carbocycles. The van der Waals surface area contributed by atoms with Crippen LogP contribution in [0.15, 0.2) is 72.8 Å². The quantitative estimate of drug-likeness (QED) is 0.548. The van der Waals surface area contributed by atoms with Gasteiger partial charge >= 0.3 is 6.03 Å². The fourth-order valence-electron chi connectivity index (χ4n) is 4.89. The van der Waals surface area contributed by atoms with Crippen LogP contribution >= 0.6 is 0 Å². The lowest BCUT2D eigenvalue weighted by atomic mass is 9.93. The summed E-state index contributed by atoms with van der Waals surface area (Å²) in [6.07, 6.45) is 1.77. The van der Waals surface area contributed by atoms with E-state index < -0.39 is 5.72 Å². The molecule has 1 spiro atoms. The van der Waals surface area contributed by atoms with Crippen LogP contribution in [0.2, 0.25) is 0 Å². The first-order chi connectivity index (χ1) is 17.0. The normalized spacial score (nSPS) is 16.6. The summed E-state index contributed by atoms with van der Waals surface area (Å²) in [4.78, 5) is 30.1. The number of anilines is 1. The SMILES string of the molecule is CCc1ccccc1NC(=O)N1CCC2(CC1)Oc1ccccc1C(=O)N2Cc1ccc(F)cc1. The van der Waals surface area contributed by atoms with Crippen molar-refractivity contribution in [2.75, 3.05) is 18.4 Å². The Hall–Kier alpha value is -3.87. The largest absolute Gasteiger partial charge is 0.467 e. The van der Waals surface area contributed by atoms with Crippen LogP contribution in [0.3, 0.4) is 0 Å². The molecular formula is C28H28FN3O3. The van der Waals surface area contributed by atoms with Gasteiger partial charge in [-0.3, -0.25) is 9.69 Å². The Labute approximate surface area is 204 Å². The number of urea groups is 1. The molecule has 7 heteroatoms. The number of halogens is 1. The molecule has 35 heavy (non-hydrogen) atoms. The summed E-state index contributed by atoms with van der Waals surface area (Å²) in [7, 11) is 0. The highest BCUT2D eigenvalue weighted by atomic mass is 19.1. The van der Waals surface area contributed by atoms with Gasteiger partial charge in [-0.25, -0.2) is 9.18 Å². The average molecular weight is 474 g/mol. The number of amides is 3. The molecule has 0 unspecified atom stereocenters. The average Bonchev–Trinajstić information content (AvgIpc) is 2.88. The minimum Gasteiger partial charge on any atom is -0.467 e. The topological polar surface area (TPSA) is 61.9 Å². The zero-order valence-electron chi connectivity index (χ0n) is 19.7. The lowest BCUT2D eigenvalue weighted by Crippen LogP contribution is -2.63. The molecule has 5 rings (SSSR count). The second-order valence-corrected chi connectivity index (χ2v) is 8.99. The molecule has 3 amide bonds. The van der Waals surface area contributed by atoms with Crippen molar-refractivity contribution in [2.24, 2.45) is 0 Å². The summed E-state index contributed by atoms with van der Waals surface area (Å²) in [5.74, 6) is 0.118. The van der Waals surface area contributed by atoms with E-state index in [1.165, 1.54) is 12.1 Å². The summed E-state index contributed by atoms with van der Waals surface area (Å²) in [6.45, 7) is 3.23. The molecule has 1 fully saturated rings. The van der Waals surface area contributed by atoms with Gasteiger partial charge in [0.25, 0.3) is 5.91 Å². The van der Waals surface area contributed by atoms with E-state index >= 15 is 0 Å². The standard InChI is InChI=1S/C28H28FN3O3/c1-2-21-7-3-5-9-24(21)30-27(34)31-17-15-28(16-18-31)32(19-20-11-13-22(29)14-12-20)26(33)23-8-4-6-10-25(23)35-28/h3-14H,2,15-19H2,1H3,(H,30,34). The van der Waals surface area contributed by atoms with Crippen molar-refractivity contribution >= 4 is 17.6 Å². The predicted octanol–water partition coefficient (Wildman–Crippen LogP) is 5.45. The third kappa shape index (κ3) is 4.46. The van der Waals surface area contributed by atoms with Gasteiger partial charge in [-0.15, -0.1) is 0 Å². The van der Waals surface area contributed by atoms with E-state index in [0.717, 1.165) is 23.2 Å². The highest BCUT2D eigenvalue weighted by molar-refractivity contribution is 5.98. The van der Waals surface area contributed by atoms with E-state index in [9.17, 15) is 14.0 Å². The number of nitrogens with zero attached hydrogens (tertiary/aromatic N) is 2. The number of fused-ring (bicyclic) bond motifs is 1. The summed E-state index contributed by atoms with van der Waals surface area (Å²) in [6, 6.07) is 21.0. The molecule has 0 radical (unpaired) electrons. The molecule has 1 saturated heterocycles. The van der Waals surface area contributed by atoms with Gasteiger partial charge in [0, 0.05) is 38.2 Å². The van der Waals surface area contributed by atoms with Crippen molar-refractivity contribution in [2.45, 2.75) is 38.5 Å². The highest BCUT2D eigenvalue weighted by Gasteiger charge is 2.49. The summed E-state index contributed by atoms with van der Waals surface area (Å²) in [5, 5.41) is 3.03. The second kappa shape index (κ2) is 9.41. The molecule has 0 atom stereocenters. The van der Waals surface area contributed by atoms with Gasteiger partial charge in [0.2, 0.25) is 0 Å². The van der Waals surface area contributed by atoms with Gasteiger partial charge in [-0.2, -0.15) is 0 Å². The molecule has 1 N–H and O–H groups in total. The first kappa shape index (κ1) is 22.9. The third-order valence-electron chi connectivity index (χ3n) is 6.88. The minimum absolute atomic E-state index is 0.119. The van der Waals surface area contributed by atoms with Gasteiger partial charge in [0.1, 0.15) is 11.6 Å². The fourth-order valence-corrected chi connectivity index (χ4v) is 4.89. The van der Waals surface area contributed by atoms with Crippen LogP contribution in [-0.4, -0.2) is 40.6 Å². The van der Waals surface area contributed by atoms with E-state index in [-0.39, 0.29) is 17.8 Å². The summed E-state index contributed by atoms with van der Waals surface area (Å²) < 4.78 is 20.0. The number of hydrogen-bond acceptors (Lipinski definition) is 3. The number of rotatable bonds is 4. The third-order valence-corrected chi connectivity index (χ3v) is 6.88. The van der Waals surface area contributed by atoms with E-state index in [1.807, 2.05) is 42.5 Å². The zero-order valence-corrected chi connectivity index (χ0v) is 19.7. The number of aryl methyl sites for hydroxylation is 1. The molecule has 2 aliphatic rings. The molecule has 180 valence electrons. The van der Waals surface area contributed by atoms with Gasteiger partial charge in [-0.1, -0.05) is 49.4 Å². The molecule has 3 aromatic rings. The van der Waals surface area contributed by atoms with Crippen molar-refractivity contribution < 1.29 is 18.7 Å². The van der Waals surface area contributed by atoms with Gasteiger partial charge < -0.3 is 15.0 Å². The number of carbonyl (C=O) groups excluding carboxylic acids is 2. The molecule has 2 heterocycles. The Balaban J connectivity index is 1.37. The Morgan fingerprint density at radius 2 is 1.69 bits per heavy atom. The van der Waals surface area contributed by atoms with Gasteiger partial charge in [0.15, 0.2) is 5.72 Å². The lowest BCUT2D eigenvalue weighted by molar-refractivity contribution is -0.109. The Morgan fingerprint density at radius 3 is 2.43 bits per heavy atom. The van der Waals surface area contributed by atoms with E-state index in [0.29, 0.717) is 43.8 Å². The molecule has 0 bridgehead atoms. The maximum absolute atomic E-state index is 13.6. The number of benzene rings is 3. The summed E-state index contributed by atoms with van der Waals surface area (Å²) in [5.41, 5.74) is 2.35. The number of para-hydroxylation sites is 2. The van der Waals surface area contributed by atoms with Crippen molar-refractivity contribution in [3.63, 3.8) is 0 Å². The van der Waals surface area contributed by atoms with E-state index in [2.05, 4.69) is 12.2 Å². The Bertz CT molecular complexity index is 1240. The smallest absolute Gasteiger partial charge is 0.321 e. The van der Waals surface area contributed by atoms with E-state index in [4.69, 9.17) is 4.74 Å². The van der Waals surface area contributed by atoms with Crippen LogP contribution in [0.5, 0.6) is 5.75 Å². The Morgan fingerprint density at radius 1 is 1.00 bits per heavy atom. The minimum atomic E-state index is -0.877. The van der Waals surface area contributed by atoms with Crippen LogP contribution in [-0.2, 0) is 13.0 Å². The number of ether oxygens (including phenoxy) is 1. The Kier molecular flexibility index (Phi) is 6.16. The van der Waals surface area contributed by atoms with E-state index in [1.54, 1.807) is 28.0 Å². The van der Waals surface area contributed by atoms with Gasteiger partial charge in [-0.05, 0) is 47.9 Å². The molecule has 3 aromatic carbocycles. The fraction of sp³-hybridized carbons (Fsp3) is 0.286. The summed E-state index contributed by atoms with van der Waals surface area (Å²) >= 11 is 0. The number of piperidine rings is 1.